The molecular weight excluding hydrogens is 666 g/mol. The normalized spacial score (nSPS) is 11.5. The Hall–Kier alpha value is -3.72. The molecule has 0 saturated heterocycles. The smallest absolute Gasteiger partial charge is 0.335 e. The van der Waals surface area contributed by atoms with Crippen LogP contribution in [0.4, 0.5) is 0 Å². The van der Waals surface area contributed by atoms with Crippen LogP contribution in [0.2, 0.25) is 0 Å². The van der Waals surface area contributed by atoms with E-state index in [4.69, 9.17) is 28.8 Å². The van der Waals surface area contributed by atoms with Crippen LogP contribution in [0, 0.1) is 5.92 Å². The molecule has 14 heteroatoms. The summed E-state index contributed by atoms with van der Waals surface area (Å²) in [7, 11) is 0. The average Bonchev–Trinajstić information content (AvgIpc) is 3.09. The minimum atomic E-state index is -1.10. The molecule has 0 aliphatic carbocycles. The van der Waals surface area contributed by atoms with Crippen LogP contribution in [0.3, 0.4) is 0 Å². The summed E-state index contributed by atoms with van der Waals surface area (Å²) in [5, 5.41) is 20.9. The highest BCUT2D eigenvalue weighted by Crippen LogP contribution is 2.15. The van der Waals surface area contributed by atoms with E-state index >= 15 is 0 Å². The number of unbranched alkanes of at least 4 members (excludes halogenated alkanes) is 6. The van der Waals surface area contributed by atoms with Crippen LogP contribution in [0.1, 0.15) is 101 Å². The third kappa shape index (κ3) is 26.7. The Morgan fingerprint density at radius 1 is 0.627 bits per heavy atom. The quantitative estimate of drug-likeness (QED) is 0.0831. The van der Waals surface area contributed by atoms with Crippen molar-refractivity contribution in [2.24, 2.45) is 5.92 Å². The lowest BCUT2D eigenvalue weighted by Crippen LogP contribution is -2.27. The fraction of sp³-hybridized carbons (Fsp3) is 0.676. The molecule has 14 nitrogen and oxygen atoms in total. The molecule has 51 heavy (non-hydrogen) atoms. The van der Waals surface area contributed by atoms with E-state index in [9.17, 15) is 33.9 Å². The summed E-state index contributed by atoms with van der Waals surface area (Å²) >= 11 is 0. The van der Waals surface area contributed by atoms with Crippen LogP contribution in [0.5, 0.6) is 5.75 Å². The number of ketones is 3. The van der Waals surface area contributed by atoms with E-state index in [0.717, 1.165) is 44.9 Å². The Kier molecular flexibility index (Phi) is 26.6. The number of hydrogen-bond donors (Lipinski definition) is 3. The zero-order chi connectivity index (χ0) is 37.5. The maximum Gasteiger partial charge on any atom is 0.335 e. The second kappa shape index (κ2) is 30.0. The van der Waals surface area contributed by atoms with Crippen molar-refractivity contribution < 1.29 is 62.7 Å². The minimum Gasteiger partial charge on any atom is -0.494 e. The molecule has 0 aromatic heterocycles. The lowest BCUT2D eigenvalue weighted by molar-refractivity contribution is -0.144. The van der Waals surface area contributed by atoms with Gasteiger partial charge in [-0.05, 0) is 56.9 Å². The highest BCUT2D eigenvalue weighted by atomic mass is 16.5. The number of carboxylic acid groups (broad SMARTS) is 2. The van der Waals surface area contributed by atoms with Crippen molar-refractivity contribution >= 4 is 35.2 Å². The van der Waals surface area contributed by atoms with Crippen LogP contribution >= 0.6 is 0 Å². The number of rotatable bonds is 35. The summed E-state index contributed by atoms with van der Waals surface area (Å²) in [5.41, 5.74) is 0.240. The molecule has 1 aromatic rings. The summed E-state index contributed by atoms with van der Waals surface area (Å²) in [4.78, 5) is 69.0. The first-order valence-electron chi connectivity index (χ1n) is 17.9. The molecular formula is C37H57NO13. The van der Waals surface area contributed by atoms with E-state index in [1.165, 1.54) is 19.1 Å². The number of carbonyl (C=O) groups is 6. The highest BCUT2D eigenvalue weighted by molar-refractivity contribution is 5.87. The average molecular weight is 724 g/mol. The van der Waals surface area contributed by atoms with E-state index in [1.807, 2.05) is 0 Å². The number of nitrogens with one attached hydrogen (secondary N) is 1. The third-order valence-electron chi connectivity index (χ3n) is 7.67. The molecule has 0 aliphatic heterocycles. The number of Topliss-reactive ketones (excluding diaryl/α,β-unsaturated/α-hetero) is 3. The van der Waals surface area contributed by atoms with Crippen molar-refractivity contribution in [1.82, 2.24) is 5.32 Å². The van der Waals surface area contributed by atoms with Crippen LogP contribution in [-0.2, 0) is 42.9 Å². The first kappa shape index (κ1) is 45.3. The molecule has 0 aliphatic rings. The molecule has 0 fully saturated rings. The third-order valence-corrected chi connectivity index (χ3v) is 7.67. The van der Waals surface area contributed by atoms with Gasteiger partial charge in [-0.1, -0.05) is 32.1 Å². The molecule has 0 bridgehead atoms. The molecule has 0 saturated carbocycles. The van der Waals surface area contributed by atoms with E-state index in [0.29, 0.717) is 58.0 Å². The number of benzene rings is 1. The molecule has 1 aromatic carbocycles. The molecule has 0 radical (unpaired) electrons. The Bertz CT molecular complexity index is 1160. The molecule has 3 N–H and O–H groups in total. The van der Waals surface area contributed by atoms with Gasteiger partial charge in [0.25, 0.3) is 0 Å². The van der Waals surface area contributed by atoms with Gasteiger partial charge in [-0.15, -0.1) is 0 Å². The summed E-state index contributed by atoms with van der Waals surface area (Å²) < 4.78 is 27.0. The minimum absolute atomic E-state index is 0.00454. The predicted octanol–water partition coefficient (Wildman–Crippen LogP) is 4.45. The van der Waals surface area contributed by atoms with Gasteiger partial charge in [0.15, 0.2) is 11.6 Å². The SMILES string of the molecule is CC(=O)CC[C@H](CC(=O)COCCOCCCC(=O)COCCOCCNC(=O)CCCCCCCCCOc1ccc(C(=O)O)cc1)C(=O)O. The maximum absolute atomic E-state index is 12.0. The molecule has 0 unspecified atom stereocenters. The Balaban J connectivity index is 1.83. The van der Waals surface area contributed by atoms with Crippen molar-refractivity contribution in [2.45, 2.75) is 90.4 Å². The molecule has 0 heterocycles. The van der Waals surface area contributed by atoms with Crippen LogP contribution in [0.15, 0.2) is 24.3 Å². The number of carboxylic acids is 2. The van der Waals surface area contributed by atoms with E-state index in [1.54, 1.807) is 12.1 Å². The zero-order valence-corrected chi connectivity index (χ0v) is 30.0. The monoisotopic (exact) mass is 723 g/mol. The zero-order valence-electron chi connectivity index (χ0n) is 30.0. The van der Waals surface area contributed by atoms with E-state index < -0.39 is 17.9 Å². The van der Waals surface area contributed by atoms with Crippen LogP contribution in [-0.4, -0.2) is 111 Å². The van der Waals surface area contributed by atoms with Crippen molar-refractivity contribution in [3.63, 3.8) is 0 Å². The van der Waals surface area contributed by atoms with E-state index in [-0.39, 0.29) is 81.1 Å². The number of amides is 1. The molecule has 1 amide bonds. The predicted molar refractivity (Wildman–Crippen MR) is 187 cm³/mol. The van der Waals surface area contributed by atoms with Crippen LogP contribution in [0.25, 0.3) is 0 Å². The second-order valence-corrected chi connectivity index (χ2v) is 12.2. The summed E-state index contributed by atoms with van der Waals surface area (Å²) in [6, 6.07) is 6.40. The van der Waals surface area contributed by atoms with Crippen molar-refractivity contribution in [1.29, 1.82) is 0 Å². The van der Waals surface area contributed by atoms with Gasteiger partial charge in [0.05, 0.1) is 51.1 Å². The number of ether oxygens (including phenoxy) is 5. The van der Waals surface area contributed by atoms with Gasteiger partial charge in [-0.2, -0.15) is 0 Å². The molecule has 288 valence electrons. The molecule has 1 atom stereocenters. The van der Waals surface area contributed by atoms with Gasteiger partial charge in [-0.25, -0.2) is 4.79 Å². The van der Waals surface area contributed by atoms with Gasteiger partial charge < -0.3 is 44.0 Å². The fourth-order valence-corrected chi connectivity index (χ4v) is 4.79. The lowest BCUT2D eigenvalue weighted by Gasteiger charge is -2.11. The standard InChI is InChI=1S/C37H57NO13/c1-29(39)12-13-31(37(45)46)26-33(41)28-50-24-22-47-19-9-10-32(40)27-49-25-23-48-21-18-38-35(42)11-7-5-3-2-4-6-8-20-51-34-16-14-30(15-17-34)36(43)44/h14-17,31H,2-13,18-28H2,1H3,(H,38,42)(H,43,44)(H,45,46)/t31-/m1/s1. The molecule has 0 spiro atoms. The summed E-state index contributed by atoms with van der Waals surface area (Å²) in [6.45, 7) is 3.84. The van der Waals surface area contributed by atoms with Crippen LogP contribution < -0.4 is 10.1 Å². The number of carbonyl (C=O) groups excluding carboxylic acids is 4. The van der Waals surface area contributed by atoms with Gasteiger partial charge in [-0.3, -0.25) is 19.2 Å². The maximum atomic E-state index is 12.0. The Labute approximate surface area is 300 Å². The number of aromatic carboxylic acids is 1. The van der Waals surface area contributed by atoms with Crippen molar-refractivity contribution in [2.75, 3.05) is 66.0 Å². The lowest BCUT2D eigenvalue weighted by atomic mass is 9.96. The van der Waals surface area contributed by atoms with Gasteiger partial charge >= 0.3 is 11.9 Å². The number of aliphatic carboxylic acids is 1. The summed E-state index contributed by atoms with van der Waals surface area (Å²) in [5.74, 6) is -2.80. The summed E-state index contributed by atoms with van der Waals surface area (Å²) in [6.07, 6.45) is 8.50. The van der Waals surface area contributed by atoms with Crippen molar-refractivity contribution in [3.8, 4) is 5.75 Å². The Morgan fingerprint density at radius 3 is 1.84 bits per heavy atom. The second-order valence-electron chi connectivity index (χ2n) is 12.2. The first-order chi connectivity index (χ1) is 24.6. The number of hydrogen-bond acceptors (Lipinski definition) is 11. The fourth-order valence-electron chi connectivity index (χ4n) is 4.79. The largest absolute Gasteiger partial charge is 0.494 e. The first-order valence-corrected chi connectivity index (χ1v) is 17.9. The van der Waals surface area contributed by atoms with Crippen molar-refractivity contribution in [3.05, 3.63) is 29.8 Å². The van der Waals surface area contributed by atoms with Gasteiger partial charge in [0.1, 0.15) is 24.7 Å². The topological polar surface area (TPSA) is 201 Å². The van der Waals surface area contributed by atoms with E-state index in [2.05, 4.69) is 5.32 Å². The Morgan fingerprint density at radius 2 is 1.22 bits per heavy atom. The van der Waals surface area contributed by atoms with Gasteiger partial charge in [0.2, 0.25) is 5.91 Å². The van der Waals surface area contributed by atoms with Gasteiger partial charge in [0, 0.05) is 38.8 Å². The highest BCUT2D eigenvalue weighted by Gasteiger charge is 2.21. The molecule has 1 rings (SSSR count).